The normalized spacial score (nSPS) is 39.0. The summed E-state index contributed by atoms with van der Waals surface area (Å²) in [6.45, 7) is 2.33. The standard InChI is InChI=1S/C7H14S4/c1-7(2-3-8)5-10-6(9)4-11-7/h6,8-9H,2-5H2,1H3. The van der Waals surface area contributed by atoms with E-state index in [0.717, 1.165) is 5.75 Å². The summed E-state index contributed by atoms with van der Waals surface area (Å²) in [4.78, 5) is 0. The highest BCUT2D eigenvalue weighted by Gasteiger charge is 2.29. The highest BCUT2D eigenvalue weighted by atomic mass is 32.2. The predicted octanol–water partition coefficient (Wildman–Crippen LogP) is 2.80. The Morgan fingerprint density at radius 1 is 1.64 bits per heavy atom. The molecule has 0 radical (unpaired) electrons. The minimum atomic E-state index is 0.464. The molecule has 1 rings (SSSR count). The van der Waals surface area contributed by atoms with E-state index in [1.807, 2.05) is 11.8 Å². The third-order valence-electron chi connectivity index (χ3n) is 1.80. The van der Waals surface area contributed by atoms with E-state index in [9.17, 15) is 0 Å². The van der Waals surface area contributed by atoms with Gasteiger partial charge in [-0.1, -0.05) is 0 Å². The van der Waals surface area contributed by atoms with Gasteiger partial charge in [0, 0.05) is 16.3 Å². The lowest BCUT2D eigenvalue weighted by atomic mass is 10.1. The summed E-state index contributed by atoms with van der Waals surface area (Å²) in [5, 5.41) is 0. The Labute approximate surface area is 88.5 Å². The van der Waals surface area contributed by atoms with E-state index in [1.54, 1.807) is 0 Å². The molecule has 0 bridgehead atoms. The van der Waals surface area contributed by atoms with Crippen molar-refractivity contribution in [2.75, 3.05) is 17.3 Å². The van der Waals surface area contributed by atoms with Crippen molar-refractivity contribution in [3.8, 4) is 0 Å². The first kappa shape index (κ1) is 10.5. The van der Waals surface area contributed by atoms with Gasteiger partial charge in [0.2, 0.25) is 0 Å². The summed E-state index contributed by atoms with van der Waals surface area (Å²) in [7, 11) is 0. The van der Waals surface area contributed by atoms with Crippen LogP contribution in [0, 0.1) is 0 Å². The summed E-state index contributed by atoms with van der Waals surface area (Å²) in [6, 6.07) is 0. The molecular formula is C7H14S4. The molecule has 1 aliphatic heterocycles. The van der Waals surface area contributed by atoms with Crippen LogP contribution < -0.4 is 0 Å². The molecule has 0 N–H and O–H groups in total. The zero-order valence-electron chi connectivity index (χ0n) is 6.62. The third-order valence-corrected chi connectivity index (χ3v) is 6.19. The topological polar surface area (TPSA) is 0 Å². The monoisotopic (exact) mass is 226 g/mol. The molecule has 1 heterocycles. The third kappa shape index (κ3) is 3.33. The van der Waals surface area contributed by atoms with Crippen LogP contribution in [0.25, 0.3) is 0 Å². The molecule has 1 fully saturated rings. The number of rotatable bonds is 2. The molecule has 0 aromatic carbocycles. The van der Waals surface area contributed by atoms with Crippen LogP contribution in [-0.2, 0) is 0 Å². The molecule has 2 unspecified atom stereocenters. The maximum atomic E-state index is 4.43. The molecule has 4 heteroatoms. The van der Waals surface area contributed by atoms with Gasteiger partial charge in [0.05, 0.1) is 4.58 Å². The van der Waals surface area contributed by atoms with Crippen LogP contribution in [0.5, 0.6) is 0 Å². The first-order valence-electron chi connectivity index (χ1n) is 3.71. The van der Waals surface area contributed by atoms with Crippen LogP contribution in [0.1, 0.15) is 13.3 Å². The van der Waals surface area contributed by atoms with Crippen LogP contribution in [-0.4, -0.2) is 26.6 Å². The van der Waals surface area contributed by atoms with E-state index < -0.39 is 0 Å². The Morgan fingerprint density at radius 3 is 2.82 bits per heavy atom. The van der Waals surface area contributed by atoms with Gasteiger partial charge in [-0.15, -0.1) is 11.8 Å². The van der Waals surface area contributed by atoms with Crippen molar-refractivity contribution < 1.29 is 0 Å². The van der Waals surface area contributed by atoms with Gasteiger partial charge in [0.1, 0.15) is 0 Å². The second-order valence-electron chi connectivity index (χ2n) is 3.00. The Morgan fingerprint density at radius 2 is 2.36 bits per heavy atom. The van der Waals surface area contributed by atoms with Crippen LogP contribution in [0.2, 0.25) is 0 Å². The van der Waals surface area contributed by atoms with Crippen molar-refractivity contribution in [2.24, 2.45) is 0 Å². The number of hydrogen-bond donors (Lipinski definition) is 2. The van der Waals surface area contributed by atoms with Gasteiger partial charge >= 0.3 is 0 Å². The van der Waals surface area contributed by atoms with Crippen molar-refractivity contribution in [2.45, 2.75) is 22.7 Å². The Kier molecular flexibility index (Phi) is 4.37. The van der Waals surface area contributed by atoms with Gasteiger partial charge in [-0.05, 0) is 19.1 Å². The van der Waals surface area contributed by atoms with Gasteiger partial charge in [0.25, 0.3) is 0 Å². The van der Waals surface area contributed by atoms with E-state index >= 15 is 0 Å². The molecule has 0 saturated carbocycles. The first-order valence-corrected chi connectivity index (χ1v) is 6.89. The summed E-state index contributed by atoms with van der Waals surface area (Å²) in [6.07, 6.45) is 1.22. The lowest BCUT2D eigenvalue weighted by Gasteiger charge is -2.34. The second kappa shape index (κ2) is 4.58. The quantitative estimate of drug-likeness (QED) is 0.695. The number of thioether (sulfide) groups is 2. The lowest BCUT2D eigenvalue weighted by Crippen LogP contribution is -2.30. The maximum absolute atomic E-state index is 4.43. The Bertz CT molecular complexity index is 118. The van der Waals surface area contributed by atoms with Crippen LogP contribution >= 0.6 is 48.8 Å². The maximum Gasteiger partial charge on any atom is 0.0563 e. The van der Waals surface area contributed by atoms with Gasteiger partial charge in [-0.2, -0.15) is 37.0 Å². The van der Waals surface area contributed by atoms with E-state index in [0.29, 0.717) is 9.33 Å². The number of thiol groups is 2. The zero-order chi connectivity index (χ0) is 8.32. The largest absolute Gasteiger partial charge is 0.179 e. The minimum Gasteiger partial charge on any atom is -0.179 e. The molecule has 1 saturated heterocycles. The Balaban J connectivity index is 2.35. The first-order chi connectivity index (χ1) is 5.16. The van der Waals surface area contributed by atoms with Gasteiger partial charge in [-0.3, -0.25) is 0 Å². The van der Waals surface area contributed by atoms with Crippen LogP contribution in [0.4, 0.5) is 0 Å². The fraction of sp³-hybridized carbons (Fsp3) is 1.00. The molecule has 0 aliphatic carbocycles. The van der Waals surface area contributed by atoms with Gasteiger partial charge in [-0.25, -0.2) is 0 Å². The summed E-state index contributed by atoms with van der Waals surface area (Å²) in [5.74, 6) is 3.41. The average molecular weight is 226 g/mol. The highest BCUT2D eigenvalue weighted by molar-refractivity contribution is 8.14. The fourth-order valence-corrected chi connectivity index (χ4v) is 4.71. The van der Waals surface area contributed by atoms with Crippen LogP contribution in [0.15, 0.2) is 0 Å². The van der Waals surface area contributed by atoms with Crippen molar-refractivity contribution in [1.82, 2.24) is 0 Å². The average Bonchev–Trinajstić information content (AvgIpc) is 1.97. The predicted molar refractivity (Wildman–Crippen MR) is 64.6 cm³/mol. The van der Waals surface area contributed by atoms with E-state index in [2.05, 4.69) is 43.9 Å². The molecule has 0 aromatic rings. The van der Waals surface area contributed by atoms with Crippen LogP contribution in [0.3, 0.4) is 0 Å². The SMILES string of the molecule is CC1(CCS)CSC(S)CS1. The molecule has 0 amide bonds. The van der Waals surface area contributed by atoms with Gasteiger partial charge < -0.3 is 0 Å². The zero-order valence-corrected chi connectivity index (χ0v) is 10.0. The molecule has 0 nitrogen and oxygen atoms in total. The molecule has 0 spiro atoms. The summed E-state index contributed by atoms with van der Waals surface area (Å²) < 4.78 is 1.01. The van der Waals surface area contributed by atoms with Crippen molar-refractivity contribution >= 4 is 48.8 Å². The second-order valence-corrected chi connectivity index (χ2v) is 7.22. The smallest absolute Gasteiger partial charge is 0.0563 e. The summed E-state index contributed by atoms with van der Waals surface area (Å²) in [5.41, 5.74) is 0. The summed E-state index contributed by atoms with van der Waals surface area (Å²) >= 11 is 12.7. The van der Waals surface area contributed by atoms with E-state index in [1.165, 1.54) is 17.9 Å². The van der Waals surface area contributed by atoms with Gasteiger partial charge in [0.15, 0.2) is 0 Å². The van der Waals surface area contributed by atoms with Crippen molar-refractivity contribution in [1.29, 1.82) is 0 Å². The molecule has 1 aliphatic rings. The van der Waals surface area contributed by atoms with E-state index in [4.69, 9.17) is 0 Å². The number of hydrogen-bond acceptors (Lipinski definition) is 4. The molecule has 66 valence electrons. The van der Waals surface area contributed by atoms with Crippen molar-refractivity contribution in [3.05, 3.63) is 0 Å². The molecule has 2 atom stereocenters. The fourth-order valence-electron chi connectivity index (χ4n) is 1.02. The van der Waals surface area contributed by atoms with E-state index in [-0.39, 0.29) is 0 Å². The van der Waals surface area contributed by atoms with Crippen molar-refractivity contribution in [3.63, 3.8) is 0 Å². The molecule has 11 heavy (non-hydrogen) atoms. The molecule has 0 aromatic heterocycles. The lowest BCUT2D eigenvalue weighted by molar-refractivity contribution is 0.699. The highest BCUT2D eigenvalue weighted by Crippen LogP contribution is 2.41. The minimum absolute atomic E-state index is 0.464. The Hall–Kier alpha value is 1.40. The molecular weight excluding hydrogens is 212 g/mol.